The third kappa shape index (κ3) is 7.92. The van der Waals surface area contributed by atoms with E-state index < -0.39 is 0 Å². The lowest BCUT2D eigenvalue weighted by molar-refractivity contribution is 0.0258. The molecule has 0 aliphatic carbocycles. The molecule has 6 nitrogen and oxygen atoms in total. The first-order valence-electron chi connectivity index (χ1n) is 9.33. The maximum absolute atomic E-state index is 5.80. The van der Waals surface area contributed by atoms with Gasteiger partial charge in [-0.3, -0.25) is 9.89 Å². The van der Waals surface area contributed by atoms with Crippen LogP contribution in [0.4, 0.5) is 0 Å². The number of ether oxygens (including phenoxy) is 1. The molecule has 2 atom stereocenters. The van der Waals surface area contributed by atoms with Crippen LogP contribution in [0.5, 0.6) is 0 Å². The van der Waals surface area contributed by atoms with Gasteiger partial charge >= 0.3 is 0 Å². The second-order valence-corrected chi connectivity index (χ2v) is 6.67. The molecule has 0 amide bonds. The Bertz CT molecular complexity index is 472. The van der Waals surface area contributed by atoms with Gasteiger partial charge in [-0.2, -0.15) is 0 Å². The van der Waals surface area contributed by atoms with Gasteiger partial charge in [0, 0.05) is 19.7 Å². The number of furan rings is 1. The Hall–Kier alpha value is -1.53. The summed E-state index contributed by atoms with van der Waals surface area (Å²) in [5, 5.41) is 6.72. The molecule has 0 saturated heterocycles. The van der Waals surface area contributed by atoms with Gasteiger partial charge in [0.2, 0.25) is 0 Å². The van der Waals surface area contributed by atoms with Crippen molar-refractivity contribution in [3.63, 3.8) is 0 Å². The van der Waals surface area contributed by atoms with E-state index in [9.17, 15) is 0 Å². The lowest BCUT2D eigenvalue weighted by Crippen LogP contribution is -2.40. The number of likely N-dealkylation sites (N-methyl/N-ethyl adjacent to an activating group) is 1. The van der Waals surface area contributed by atoms with Gasteiger partial charge in [0.25, 0.3) is 0 Å². The van der Waals surface area contributed by atoms with E-state index in [-0.39, 0.29) is 12.1 Å². The van der Waals surface area contributed by atoms with Crippen molar-refractivity contribution in [3.8, 4) is 0 Å². The van der Waals surface area contributed by atoms with Crippen molar-refractivity contribution in [1.82, 2.24) is 15.5 Å². The highest BCUT2D eigenvalue weighted by Crippen LogP contribution is 2.18. The highest BCUT2D eigenvalue weighted by molar-refractivity contribution is 5.79. The van der Waals surface area contributed by atoms with Crippen molar-refractivity contribution >= 4 is 5.96 Å². The van der Waals surface area contributed by atoms with Crippen LogP contribution in [0.15, 0.2) is 27.8 Å². The van der Waals surface area contributed by atoms with Gasteiger partial charge in [-0.15, -0.1) is 0 Å². The summed E-state index contributed by atoms with van der Waals surface area (Å²) in [5.74, 6) is 2.28. The van der Waals surface area contributed by atoms with Crippen LogP contribution in [0.25, 0.3) is 0 Å². The standard InChI is InChI=1S/C19H36N4O2/c1-7-20-19(21-12-11-17(15(3)4)24-8-2)22-14-16(23(5)6)18-10-9-13-25-18/h9-10,13,15-17H,7-8,11-12,14H2,1-6H3,(H2,20,21,22). The molecule has 0 saturated carbocycles. The molecule has 0 fully saturated rings. The maximum Gasteiger partial charge on any atom is 0.191 e. The normalized spacial score (nSPS) is 14.8. The van der Waals surface area contributed by atoms with E-state index in [1.165, 1.54) is 0 Å². The van der Waals surface area contributed by atoms with E-state index in [1.54, 1.807) is 6.26 Å². The topological polar surface area (TPSA) is 62.0 Å². The van der Waals surface area contributed by atoms with Crippen molar-refractivity contribution in [3.05, 3.63) is 24.2 Å². The van der Waals surface area contributed by atoms with Gasteiger partial charge in [-0.1, -0.05) is 13.8 Å². The second kappa shape index (κ2) is 11.9. The van der Waals surface area contributed by atoms with E-state index in [4.69, 9.17) is 14.1 Å². The lowest BCUT2D eigenvalue weighted by atomic mass is 10.0. The van der Waals surface area contributed by atoms with Crippen LogP contribution in [0.1, 0.15) is 45.9 Å². The largest absolute Gasteiger partial charge is 0.468 e. The van der Waals surface area contributed by atoms with Gasteiger partial charge in [-0.05, 0) is 52.4 Å². The Balaban J connectivity index is 2.60. The first-order chi connectivity index (χ1) is 12.0. The number of hydrogen-bond acceptors (Lipinski definition) is 4. The molecule has 1 aromatic heterocycles. The van der Waals surface area contributed by atoms with Crippen LogP contribution < -0.4 is 10.6 Å². The molecule has 0 aromatic carbocycles. The zero-order valence-electron chi connectivity index (χ0n) is 16.7. The predicted octanol–water partition coefficient (Wildman–Crippen LogP) is 2.89. The average molecular weight is 353 g/mol. The van der Waals surface area contributed by atoms with E-state index in [1.807, 2.05) is 33.2 Å². The second-order valence-electron chi connectivity index (χ2n) is 6.67. The molecule has 1 rings (SSSR count). The van der Waals surface area contributed by atoms with Crippen molar-refractivity contribution in [1.29, 1.82) is 0 Å². The maximum atomic E-state index is 5.80. The van der Waals surface area contributed by atoms with Gasteiger partial charge in [0.1, 0.15) is 5.76 Å². The minimum atomic E-state index is 0.122. The smallest absolute Gasteiger partial charge is 0.191 e. The fraction of sp³-hybridized carbons (Fsp3) is 0.737. The molecule has 1 aromatic rings. The molecular weight excluding hydrogens is 316 g/mol. The fourth-order valence-corrected chi connectivity index (χ4v) is 2.66. The molecule has 25 heavy (non-hydrogen) atoms. The molecule has 2 N–H and O–H groups in total. The summed E-state index contributed by atoms with van der Waals surface area (Å²) in [6.45, 7) is 11.6. The summed E-state index contributed by atoms with van der Waals surface area (Å²) in [4.78, 5) is 6.85. The van der Waals surface area contributed by atoms with E-state index in [0.29, 0.717) is 12.5 Å². The molecule has 6 heteroatoms. The average Bonchev–Trinajstić information content (AvgIpc) is 3.07. The summed E-state index contributed by atoms with van der Waals surface area (Å²) >= 11 is 0. The zero-order chi connectivity index (χ0) is 18.7. The van der Waals surface area contributed by atoms with Gasteiger partial charge in [0.05, 0.1) is 25.0 Å². The Kier molecular flexibility index (Phi) is 10.3. The quantitative estimate of drug-likeness (QED) is 0.474. The van der Waals surface area contributed by atoms with Gasteiger partial charge in [0.15, 0.2) is 5.96 Å². The molecule has 1 heterocycles. The van der Waals surface area contributed by atoms with Crippen LogP contribution >= 0.6 is 0 Å². The number of guanidine groups is 1. The number of hydrogen-bond donors (Lipinski definition) is 2. The van der Waals surface area contributed by atoms with Crippen LogP contribution in [0, 0.1) is 5.92 Å². The van der Waals surface area contributed by atoms with Crippen LogP contribution in [-0.2, 0) is 4.74 Å². The van der Waals surface area contributed by atoms with Crippen molar-refractivity contribution < 1.29 is 9.15 Å². The lowest BCUT2D eigenvalue weighted by Gasteiger charge is -2.23. The van der Waals surface area contributed by atoms with E-state index >= 15 is 0 Å². The van der Waals surface area contributed by atoms with Crippen LogP contribution in [-0.4, -0.2) is 57.3 Å². The first kappa shape index (κ1) is 21.5. The van der Waals surface area contributed by atoms with E-state index in [0.717, 1.165) is 37.8 Å². The molecule has 0 radical (unpaired) electrons. The zero-order valence-corrected chi connectivity index (χ0v) is 16.7. The van der Waals surface area contributed by atoms with Gasteiger partial charge in [-0.25, -0.2) is 0 Å². The first-order valence-corrected chi connectivity index (χ1v) is 9.33. The molecule has 0 aliphatic rings. The number of rotatable bonds is 11. The monoisotopic (exact) mass is 352 g/mol. The molecular formula is C19H36N4O2. The predicted molar refractivity (Wildman–Crippen MR) is 104 cm³/mol. The fourth-order valence-electron chi connectivity index (χ4n) is 2.66. The Morgan fingerprint density at radius 2 is 2.04 bits per heavy atom. The van der Waals surface area contributed by atoms with Gasteiger partial charge < -0.3 is 19.8 Å². The number of aliphatic imine (C=N–C) groups is 1. The number of nitrogens with one attached hydrogen (secondary N) is 2. The summed E-state index contributed by atoms with van der Waals surface area (Å²) in [6.07, 6.45) is 2.95. The minimum absolute atomic E-state index is 0.122. The summed E-state index contributed by atoms with van der Waals surface area (Å²) in [5.41, 5.74) is 0. The summed E-state index contributed by atoms with van der Waals surface area (Å²) in [7, 11) is 4.08. The summed E-state index contributed by atoms with van der Waals surface area (Å²) < 4.78 is 11.4. The third-order valence-corrected chi connectivity index (χ3v) is 4.11. The Morgan fingerprint density at radius 1 is 1.28 bits per heavy atom. The van der Waals surface area contributed by atoms with Crippen LogP contribution in [0.2, 0.25) is 0 Å². The van der Waals surface area contributed by atoms with Crippen molar-refractivity contribution in [2.45, 2.75) is 46.3 Å². The minimum Gasteiger partial charge on any atom is -0.468 e. The molecule has 0 aliphatic heterocycles. The Morgan fingerprint density at radius 3 is 2.56 bits per heavy atom. The highest BCUT2D eigenvalue weighted by Gasteiger charge is 2.17. The molecule has 0 bridgehead atoms. The van der Waals surface area contributed by atoms with Crippen molar-refractivity contribution in [2.24, 2.45) is 10.9 Å². The van der Waals surface area contributed by atoms with Crippen LogP contribution in [0.3, 0.4) is 0 Å². The SMILES string of the molecule is CCNC(=NCC(c1ccco1)N(C)C)NCCC(OCC)C(C)C. The molecule has 2 unspecified atom stereocenters. The van der Waals surface area contributed by atoms with E-state index in [2.05, 4.69) is 36.3 Å². The molecule has 144 valence electrons. The van der Waals surface area contributed by atoms with Crippen molar-refractivity contribution in [2.75, 3.05) is 40.3 Å². The highest BCUT2D eigenvalue weighted by atomic mass is 16.5. The summed E-state index contributed by atoms with van der Waals surface area (Å²) in [6, 6.07) is 4.03. The Labute approximate surface area is 153 Å². The third-order valence-electron chi connectivity index (χ3n) is 4.11. The molecule has 0 spiro atoms. The number of nitrogens with zero attached hydrogens (tertiary/aromatic N) is 2.